The minimum atomic E-state index is -0.266. The Morgan fingerprint density at radius 3 is 2.64 bits per heavy atom. The number of carbonyl (C=O) groups is 2. The Kier molecular flexibility index (Phi) is 4.97. The van der Waals surface area contributed by atoms with Crippen molar-refractivity contribution in [2.75, 3.05) is 5.32 Å². The molecule has 2 N–H and O–H groups in total. The summed E-state index contributed by atoms with van der Waals surface area (Å²) in [5, 5.41) is 13.2. The Morgan fingerprint density at radius 2 is 1.93 bits per heavy atom. The van der Waals surface area contributed by atoms with E-state index >= 15 is 0 Å². The van der Waals surface area contributed by atoms with E-state index < -0.39 is 0 Å². The van der Waals surface area contributed by atoms with Crippen LogP contribution in [0.2, 0.25) is 0 Å². The van der Waals surface area contributed by atoms with Crippen molar-refractivity contribution in [3.63, 3.8) is 0 Å². The van der Waals surface area contributed by atoms with Crippen molar-refractivity contribution in [2.45, 2.75) is 18.9 Å². The monoisotopic (exact) mass is 374 g/mol. The van der Waals surface area contributed by atoms with Crippen LogP contribution in [-0.2, 0) is 4.79 Å². The van der Waals surface area contributed by atoms with Crippen LogP contribution in [-0.4, -0.2) is 28.1 Å². The average molecular weight is 374 g/mol. The number of nitrogens with one attached hydrogen (secondary N) is 2. The van der Waals surface area contributed by atoms with Gasteiger partial charge in [0.15, 0.2) is 0 Å². The highest BCUT2D eigenvalue weighted by Gasteiger charge is 2.23. The van der Waals surface area contributed by atoms with Crippen LogP contribution < -0.4 is 10.6 Å². The van der Waals surface area contributed by atoms with Crippen molar-refractivity contribution in [1.29, 1.82) is 0 Å². The van der Waals surface area contributed by atoms with Crippen molar-refractivity contribution in [3.05, 3.63) is 72.1 Å². The Balaban J connectivity index is 1.36. The van der Waals surface area contributed by atoms with Gasteiger partial charge >= 0.3 is 0 Å². The lowest BCUT2D eigenvalue weighted by molar-refractivity contribution is -0.111. The van der Waals surface area contributed by atoms with Gasteiger partial charge in [0.1, 0.15) is 0 Å². The molecule has 0 atom stereocenters. The third-order valence-corrected chi connectivity index (χ3v) is 4.25. The Hall–Kier alpha value is -3.74. The van der Waals surface area contributed by atoms with Crippen molar-refractivity contribution in [2.24, 2.45) is 0 Å². The van der Waals surface area contributed by atoms with Gasteiger partial charge in [-0.05, 0) is 54.8 Å². The molecule has 1 fully saturated rings. The van der Waals surface area contributed by atoms with Crippen LogP contribution in [0.4, 0.5) is 5.69 Å². The van der Waals surface area contributed by atoms with Gasteiger partial charge in [0.25, 0.3) is 5.91 Å². The lowest BCUT2D eigenvalue weighted by atomic mass is 10.1. The van der Waals surface area contributed by atoms with E-state index in [0.717, 1.165) is 24.0 Å². The highest BCUT2D eigenvalue weighted by atomic mass is 16.4. The second-order valence-electron chi connectivity index (χ2n) is 6.52. The molecule has 2 amide bonds. The van der Waals surface area contributed by atoms with E-state index in [1.165, 1.54) is 12.5 Å². The summed E-state index contributed by atoms with van der Waals surface area (Å²) in [5.74, 6) is 0.0626. The van der Waals surface area contributed by atoms with Crippen LogP contribution in [0.1, 0.15) is 28.8 Å². The SMILES string of the molecule is O=C(/C=C/c1ccc(C(=O)NC2CC2)cc1)Nc1cccc(-c2nnco2)c1. The predicted molar refractivity (Wildman–Crippen MR) is 104 cm³/mol. The van der Waals surface area contributed by atoms with Crippen molar-refractivity contribution >= 4 is 23.6 Å². The molecule has 7 nitrogen and oxygen atoms in total. The minimum Gasteiger partial charge on any atom is -0.423 e. The topological polar surface area (TPSA) is 97.1 Å². The van der Waals surface area contributed by atoms with E-state index in [2.05, 4.69) is 20.8 Å². The maximum atomic E-state index is 12.2. The molecule has 3 aromatic rings. The lowest BCUT2D eigenvalue weighted by Crippen LogP contribution is -2.25. The number of hydrogen-bond acceptors (Lipinski definition) is 5. The summed E-state index contributed by atoms with van der Waals surface area (Å²) in [5.41, 5.74) is 2.79. The van der Waals surface area contributed by atoms with Crippen molar-refractivity contribution in [1.82, 2.24) is 15.5 Å². The quantitative estimate of drug-likeness (QED) is 0.646. The fourth-order valence-electron chi connectivity index (χ4n) is 2.63. The molecule has 1 aliphatic rings. The normalized spacial score (nSPS) is 13.4. The smallest absolute Gasteiger partial charge is 0.251 e. The Bertz CT molecular complexity index is 1010. The summed E-state index contributed by atoms with van der Waals surface area (Å²) >= 11 is 0. The van der Waals surface area contributed by atoms with Crippen molar-refractivity contribution in [3.8, 4) is 11.5 Å². The molecular weight excluding hydrogens is 356 g/mol. The van der Waals surface area contributed by atoms with E-state index in [1.54, 1.807) is 36.4 Å². The third kappa shape index (κ3) is 4.50. The zero-order valence-corrected chi connectivity index (χ0v) is 15.0. The van der Waals surface area contributed by atoms with Gasteiger partial charge in [-0.2, -0.15) is 0 Å². The number of carbonyl (C=O) groups excluding carboxylic acids is 2. The van der Waals surface area contributed by atoms with Gasteiger partial charge < -0.3 is 15.1 Å². The molecule has 0 bridgehead atoms. The van der Waals surface area contributed by atoms with Gasteiger partial charge in [-0.25, -0.2) is 0 Å². The largest absolute Gasteiger partial charge is 0.423 e. The molecule has 0 saturated heterocycles. The summed E-state index contributed by atoms with van der Waals surface area (Å²) in [7, 11) is 0. The van der Waals surface area contributed by atoms with Crippen LogP contribution in [0.15, 0.2) is 65.4 Å². The minimum absolute atomic E-state index is 0.0584. The standard InChI is InChI=1S/C21H18N4O3/c26-19(23-18-3-1-2-16(12-18)21-25-22-13-28-21)11-6-14-4-7-15(8-5-14)20(27)24-17-9-10-17/h1-8,11-13,17H,9-10H2,(H,23,26)(H,24,27)/b11-6+. The first kappa shape index (κ1) is 17.7. The van der Waals surface area contributed by atoms with Crippen LogP contribution in [0, 0.1) is 0 Å². The fourth-order valence-corrected chi connectivity index (χ4v) is 2.63. The van der Waals surface area contributed by atoms with Gasteiger partial charge in [-0.1, -0.05) is 18.2 Å². The number of aromatic nitrogens is 2. The molecule has 7 heteroatoms. The van der Waals surface area contributed by atoms with Gasteiger partial charge in [-0.3, -0.25) is 9.59 Å². The van der Waals surface area contributed by atoms with Crippen LogP contribution in [0.25, 0.3) is 17.5 Å². The van der Waals surface area contributed by atoms with E-state index in [-0.39, 0.29) is 11.8 Å². The van der Waals surface area contributed by atoms with E-state index in [1.807, 2.05) is 18.2 Å². The van der Waals surface area contributed by atoms with Crippen LogP contribution in [0.3, 0.4) is 0 Å². The highest BCUT2D eigenvalue weighted by molar-refractivity contribution is 6.02. The summed E-state index contributed by atoms with van der Waals surface area (Å²) in [6.07, 6.45) is 6.50. The molecule has 0 unspecified atom stereocenters. The van der Waals surface area contributed by atoms with Gasteiger partial charge in [-0.15, -0.1) is 10.2 Å². The molecule has 28 heavy (non-hydrogen) atoms. The lowest BCUT2D eigenvalue weighted by Gasteiger charge is -2.04. The number of amides is 2. The second kappa shape index (κ2) is 7.87. The van der Waals surface area contributed by atoms with Crippen LogP contribution in [0.5, 0.6) is 0 Å². The maximum Gasteiger partial charge on any atom is 0.251 e. The van der Waals surface area contributed by atoms with E-state index in [9.17, 15) is 9.59 Å². The molecule has 0 radical (unpaired) electrons. The zero-order chi connectivity index (χ0) is 19.3. The fraction of sp³-hybridized carbons (Fsp3) is 0.143. The number of nitrogens with zero attached hydrogens (tertiary/aromatic N) is 2. The number of hydrogen-bond donors (Lipinski definition) is 2. The molecule has 1 aromatic heterocycles. The first-order valence-electron chi connectivity index (χ1n) is 8.94. The molecule has 1 aliphatic carbocycles. The molecule has 0 spiro atoms. The van der Waals surface area contributed by atoms with Crippen LogP contribution >= 0.6 is 0 Å². The van der Waals surface area contributed by atoms with E-state index in [0.29, 0.717) is 23.2 Å². The third-order valence-electron chi connectivity index (χ3n) is 4.25. The van der Waals surface area contributed by atoms with Gasteiger partial charge in [0.05, 0.1) is 0 Å². The first-order chi connectivity index (χ1) is 13.7. The molecule has 4 rings (SSSR count). The molecule has 1 heterocycles. The predicted octanol–water partition coefficient (Wildman–Crippen LogP) is 3.28. The highest BCUT2D eigenvalue weighted by Crippen LogP contribution is 2.21. The molecular formula is C21H18N4O3. The number of anilines is 1. The second-order valence-corrected chi connectivity index (χ2v) is 6.52. The molecule has 1 saturated carbocycles. The number of benzene rings is 2. The average Bonchev–Trinajstić information content (AvgIpc) is 3.35. The van der Waals surface area contributed by atoms with Gasteiger partial charge in [0, 0.05) is 28.9 Å². The summed E-state index contributed by atoms with van der Waals surface area (Å²) in [6.45, 7) is 0. The molecule has 0 aliphatic heterocycles. The zero-order valence-electron chi connectivity index (χ0n) is 15.0. The molecule has 140 valence electrons. The van der Waals surface area contributed by atoms with Gasteiger partial charge in [0.2, 0.25) is 18.2 Å². The summed E-state index contributed by atoms with van der Waals surface area (Å²) in [6, 6.07) is 14.6. The first-order valence-corrected chi connectivity index (χ1v) is 8.94. The maximum absolute atomic E-state index is 12.2. The van der Waals surface area contributed by atoms with E-state index in [4.69, 9.17) is 4.42 Å². The Labute approximate surface area is 161 Å². The van der Waals surface area contributed by atoms with Crippen molar-refractivity contribution < 1.29 is 14.0 Å². The summed E-state index contributed by atoms with van der Waals surface area (Å²) in [4.78, 5) is 24.2. The molecule has 2 aromatic carbocycles. The summed E-state index contributed by atoms with van der Waals surface area (Å²) < 4.78 is 5.16. The Morgan fingerprint density at radius 1 is 1.11 bits per heavy atom. The number of rotatable bonds is 6.